The normalized spacial score (nSPS) is 33.7. The number of aliphatic hydroxyl groups excluding tert-OH is 1. The number of rotatable bonds is 3. The fraction of sp³-hybridized carbons (Fsp3) is 0.857. The second-order valence-electron chi connectivity index (χ2n) is 6.32. The third kappa shape index (κ3) is 1.54. The summed E-state index contributed by atoms with van der Waals surface area (Å²) in [4.78, 5) is 26.2. The smallest absolute Gasteiger partial charge is 0.236 e. The van der Waals surface area contributed by atoms with E-state index in [1.54, 1.807) is 0 Å². The number of imide groups is 1. The fourth-order valence-electron chi connectivity index (χ4n) is 3.26. The molecule has 0 spiro atoms. The lowest BCUT2D eigenvalue weighted by molar-refractivity contribution is -0.164. The predicted octanol–water partition coefficient (Wildman–Crippen LogP) is 1.71. The van der Waals surface area contributed by atoms with Crippen molar-refractivity contribution in [3.05, 3.63) is 0 Å². The van der Waals surface area contributed by atoms with E-state index >= 15 is 0 Å². The van der Waals surface area contributed by atoms with E-state index in [4.69, 9.17) is 0 Å². The highest BCUT2D eigenvalue weighted by molar-refractivity contribution is 6.06. The van der Waals surface area contributed by atoms with Crippen molar-refractivity contribution >= 4 is 11.8 Å². The molecule has 4 nitrogen and oxygen atoms in total. The van der Waals surface area contributed by atoms with Gasteiger partial charge in [-0.1, -0.05) is 27.7 Å². The molecule has 4 heteroatoms. The van der Waals surface area contributed by atoms with Gasteiger partial charge in [-0.05, 0) is 19.3 Å². The SMILES string of the molecule is CCC1(CC)CC(=O)N(C2CC(O)C2(C)C)C1=O. The van der Waals surface area contributed by atoms with Gasteiger partial charge in [0, 0.05) is 17.9 Å². The van der Waals surface area contributed by atoms with E-state index in [2.05, 4.69) is 0 Å². The van der Waals surface area contributed by atoms with Gasteiger partial charge in [-0.2, -0.15) is 0 Å². The Morgan fingerprint density at radius 2 is 1.83 bits per heavy atom. The molecule has 102 valence electrons. The molecule has 0 aromatic rings. The highest BCUT2D eigenvalue weighted by atomic mass is 16.3. The van der Waals surface area contributed by atoms with Crippen LogP contribution in [-0.2, 0) is 9.59 Å². The largest absolute Gasteiger partial charge is 0.392 e. The van der Waals surface area contributed by atoms with E-state index in [-0.39, 0.29) is 23.3 Å². The standard InChI is InChI=1S/C14H23NO3/c1-5-14(6-2)8-11(17)15(12(14)18)9-7-10(16)13(9,3)4/h9-10,16H,5-8H2,1-4H3. The summed E-state index contributed by atoms with van der Waals surface area (Å²) in [5, 5.41) is 9.77. The summed E-state index contributed by atoms with van der Waals surface area (Å²) in [5.74, 6) is -0.0869. The minimum absolute atomic E-state index is 0.0255. The van der Waals surface area contributed by atoms with Gasteiger partial charge in [0.25, 0.3) is 0 Å². The van der Waals surface area contributed by atoms with Gasteiger partial charge in [0.2, 0.25) is 11.8 Å². The summed E-state index contributed by atoms with van der Waals surface area (Å²) in [5.41, 5.74) is -0.864. The lowest BCUT2D eigenvalue weighted by atomic mass is 9.64. The van der Waals surface area contributed by atoms with Crippen LogP contribution in [0.15, 0.2) is 0 Å². The van der Waals surface area contributed by atoms with Crippen molar-refractivity contribution in [3.8, 4) is 0 Å². The summed E-state index contributed by atoms with van der Waals surface area (Å²) in [6.07, 6.45) is 1.86. The Balaban J connectivity index is 2.26. The molecule has 1 aliphatic heterocycles. The predicted molar refractivity (Wildman–Crippen MR) is 67.7 cm³/mol. The molecule has 2 unspecified atom stereocenters. The lowest BCUT2D eigenvalue weighted by Crippen LogP contribution is -2.63. The number of amides is 2. The Kier molecular flexibility index (Phi) is 3.05. The molecule has 1 aliphatic carbocycles. The van der Waals surface area contributed by atoms with Crippen LogP contribution >= 0.6 is 0 Å². The lowest BCUT2D eigenvalue weighted by Gasteiger charge is -2.52. The van der Waals surface area contributed by atoms with Gasteiger partial charge in [0.15, 0.2) is 0 Å². The minimum Gasteiger partial charge on any atom is -0.392 e. The Morgan fingerprint density at radius 3 is 2.17 bits per heavy atom. The number of carbonyl (C=O) groups excluding carboxylic acids is 2. The van der Waals surface area contributed by atoms with Crippen LogP contribution in [0.2, 0.25) is 0 Å². The maximum Gasteiger partial charge on any atom is 0.236 e. The molecular formula is C14H23NO3. The van der Waals surface area contributed by atoms with Crippen LogP contribution in [0.1, 0.15) is 53.4 Å². The van der Waals surface area contributed by atoms with Gasteiger partial charge in [-0.3, -0.25) is 14.5 Å². The topological polar surface area (TPSA) is 57.6 Å². The molecule has 1 N–H and O–H groups in total. The Hall–Kier alpha value is -0.900. The molecule has 2 amide bonds. The van der Waals surface area contributed by atoms with Crippen molar-refractivity contribution in [2.24, 2.45) is 10.8 Å². The molecule has 0 radical (unpaired) electrons. The van der Waals surface area contributed by atoms with E-state index < -0.39 is 11.5 Å². The average Bonchev–Trinajstić information content (AvgIpc) is 2.58. The first-order valence-corrected chi connectivity index (χ1v) is 6.84. The molecule has 1 saturated carbocycles. The van der Waals surface area contributed by atoms with Crippen molar-refractivity contribution in [2.75, 3.05) is 0 Å². The molecule has 0 aromatic carbocycles. The Labute approximate surface area is 108 Å². The van der Waals surface area contributed by atoms with E-state index in [0.717, 1.165) is 0 Å². The summed E-state index contributed by atoms with van der Waals surface area (Å²) in [7, 11) is 0. The second-order valence-corrected chi connectivity index (χ2v) is 6.32. The van der Waals surface area contributed by atoms with Crippen LogP contribution in [0.4, 0.5) is 0 Å². The highest BCUT2D eigenvalue weighted by Crippen LogP contribution is 2.49. The number of nitrogens with zero attached hydrogens (tertiary/aromatic N) is 1. The molecule has 2 rings (SSSR count). The third-order valence-corrected chi connectivity index (χ3v) is 5.26. The monoisotopic (exact) mass is 253 g/mol. The number of hydrogen-bond acceptors (Lipinski definition) is 3. The van der Waals surface area contributed by atoms with Crippen LogP contribution in [0.3, 0.4) is 0 Å². The zero-order valence-corrected chi connectivity index (χ0v) is 11.7. The first kappa shape index (κ1) is 13.5. The molecule has 2 aliphatic rings. The first-order valence-electron chi connectivity index (χ1n) is 6.84. The maximum atomic E-state index is 12.6. The minimum atomic E-state index is -0.492. The summed E-state index contributed by atoms with van der Waals surface area (Å²) in [6.45, 7) is 7.78. The summed E-state index contributed by atoms with van der Waals surface area (Å²) in [6, 6.07) is -0.132. The van der Waals surface area contributed by atoms with Gasteiger partial charge in [-0.15, -0.1) is 0 Å². The van der Waals surface area contributed by atoms with E-state index in [0.29, 0.717) is 25.7 Å². The Morgan fingerprint density at radius 1 is 1.28 bits per heavy atom. The van der Waals surface area contributed by atoms with Crippen LogP contribution in [0.25, 0.3) is 0 Å². The van der Waals surface area contributed by atoms with Gasteiger partial charge in [0.1, 0.15) is 0 Å². The van der Waals surface area contributed by atoms with Gasteiger partial charge < -0.3 is 5.11 Å². The molecule has 1 saturated heterocycles. The zero-order valence-electron chi connectivity index (χ0n) is 11.7. The number of carbonyl (C=O) groups is 2. The molecule has 18 heavy (non-hydrogen) atoms. The van der Waals surface area contributed by atoms with Gasteiger partial charge in [0.05, 0.1) is 11.5 Å². The van der Waals surface area contributed by atoms with Crippen molar-refractivity contribution in [3.63, 3.8) is 0 Å². The molecule has 1 heterocycles. The van der Waals surface area contributed by atoms with Crippen molar-refractivity contribution in [1.82, 2.24) is 4.90 Å². The number of hydrogen-bond donors (Lipinski definition) is 1. The van der Waals surface area contributed by atoms with E-state index in [1.807, 2.05) is 27.7 Å². The number of likely N-dealkylation sites (tertiary alicyclic amines) is 1. The van der Waals surface area contributed by atoms with Crippen molar-refractivity contribution < 1.29 is 14.7 Å². The molecule has 2 fully saturated rings. The fourth-order valence-corrected chi connectivity index (χ4v) is 3.26. The zero-order chi connectivity index (χ0) is 13.7. The summed E-state index contributed by atoms with van der Waals surface area (Å²) < 4.78 is 0. The average molecular weight is 253 g/mol. The highest BCUT2D eigenvalue weighted by Gasteiger charge is 2.59. The van der Waals surface area contributed by atoms with Crippen molar-refractivity contribution in [2.45, 2.75) is 65.5 Å². The Bertz CT molecular complexity index is 385. The summed E-state index contributed by atoms with van der Waals surface area (Å²) >= 11 is 0. The molecule has 2 atom stereocenters. The maximum absolute atomic E-state index is 12.6. The number of aliphatic hydroxyl groups is 1. The van der Waals surface area contributed by atoms with Gasteiger partial charge >= 0.3 is 0 Å². The van der Waals surface area contributed by atoms with Crippen LogP contribution < -0.4 is 0 Å². The van der Waals surface area contributed by atoms with Crippen molar-refractivity contribution in [1.29, 1.82) is 0 Å². The van der Waals surface area contributed by atoms with E-state index in [9.17, 15) is 14.7 Å². The first-order chi connectivity index (χ1) is 8.30. The van der Waals surface area contributed by atoms with Crippen LogP contribution in [0.5, 0.6) is 0 Å². The molecule has 0 aromatic heterocycles. The van der Waals surface area contributed by atoms with Crippen LogP contribution in [-0.4, -0.2) is 34.0 Å². The third-order valence-electron chi connectivity index (χ3n) is 5.26. The van der Waals surface area contributed by atoms with Gasteiger partial charge in [-0.25, -0.2) is 0 Å². The molecular weight excluding hydrogens is 230 g/mol. The van der Waals surface area contributed by atoms with Crippen LogP contribution in [0, 0.1) is 10.8 Å². The molecule has 0 bridgehead atoms. The van der Waals surface area contributed by atoms with E-state index in [1.165, 1.54) is 4.90 Å². The quantitative estimate of drug-likeness (QED) is 0.779. The second kappa shape index (κ2) is 4.05.